The third-order valence-corrected chi connectivity index (χ3v) is 4.50. The number of carbonyl (C=O) groups excluding carboxylic acids is 1. The predicted octanol–water partition coefficient (Wildman–Crippen LogP) is 2.62. The first-order valence-corrected chi connectivity index (χ1v) is 6.36. The van der Waals surface area contributed by atoms with E-state index in [1.807, 2.05) is 0 Å². The third kappa shape index (κ3) is 1.96. The normalized spacial score (nSPS) is 25.5. The Kier molecular flexibility index (Phi) is 3.15. The van der Waals surface area contributed by atoms with E-state index in [0.717, 1.165) is 25.2 Å². The number of Topliss-reactive ketones (excluding diaryl/α,β-unsaturated/α-hetero) is 1. The number of likely N-dealkylation sites (N-methyl/N-ethyl adjacent to an activating group) is 1. The van der Waals surface area contributed by atoms with Gasteiger partial charge in [0.15, 0.2) is 5.78 Å². The maximum Gasteiger partial charge on any atom is 0.153 e. The van der Waals surface area contributed by atoms with E-state index in [1.54, 1.807) is 0 Å². The Morgan fingerprint density at radius 2 is 1.80 bits per heavy atom. The van der Waals surface area contributed by atoms with Crippen LogP contribution in [-0.4, -0.2) is 30.3 Å². The molecule has 0 bridgehead atoms. The molecule has 2 aliphatic carbocycles. The van der Waals surface area contributed by atoms with Gasteiger partial charge in [0.2, 0.25) is 0 Å². The number of rotatable bonds is 4. The summed E-state index contributed by atoms with van der Waals surface area (Å²) in [6.07, 6.45) is 9.40. The fourth-order valence-corrected chi connectivity index (χ4v) is 3.08. The molecule has 0 amide bonds. The van der Waals surface area contributed by atoms with Crippen molar-refractivity contribution in [1.29, 1.82) is 0 Å². The van der Waals surface area contributed by atoms with Crippen LogP contribution in [-0.2, 0) is 4.79 Å². The fraction of sp³-hybridized carbons (Fsp3) is 0.923. The quantitative estimate of drug-likeness (QED) is 0.709. The van der Waals surface area contributed by atoms with Gasteiger partial charge in [0.05, 0.1) is 5.54 Å². The maximum atomic E-state index is 12.4. The average molecular weight is 209 g/mol. The van der Waals surface area contributed by atoms with Gasteiger partial charge in [-0.2, -0.15) is 0 Å². The molecule has 0 spiro atoms. The highest BCUT2D eigenvalue weighted by Crippen LogP contribution is 2.38. The van der Waals surface area contributed by atoms with E-state index in [0.29, 0.717) is 5.78 Å². The summed E-state index contributed by atoms with van der Waals surface area (Å²) in [7, 11) is 4.15. The van der Waals surface area contributed by atoms with Crippen molar-refractivity contribution in [2.45, 2.75) is 56.9 Å². The van der Waals surface area contributed by atoms with E-state index in [-0.39, 0.29) is 5.54 Å². The van der Waals surface area contributed by atoms with E-state index < -0.39 is 0 Å². The second-order valence-electron chi connectivity index (χ2n) is 5.56. The molecule has 15 heavy (non-hydrogen) atoms. The van der Waals surface area contributed by atoms with E-state index in [2.05, 4.69) is 19.0 Å². The third-order valence-electron chi connectivity index (χ3n) is 4.50. The molecule has 0 heterocycles. The van der Waals surface area contributed by atoms with Gasteiger partial charge in [-0.05, 0) is 32.9 Å². The Morgan fingerprint density at radius 1 is 1.20 bits per heavy atom. The molecule has 2 rings (SSSR count). The van der Waals surface area contributed by atoms with Crippen molar-refractivity contribution < 1.29 is 4.79 Å². The number of ketones is 1. The lowest BCUT2D eigenvalue weighted by atomic mass is 9.77. The minimum atomic E-state index is -0.0877. The largest absolute Gasteiger partial charge is 0.298 e. The molecule has 2 fully saturated rings. The van der Waals surface area contributed by atoms with Gasteiger partial charge in [-0.1, -0.05) is 32.1 Å². The lowest BCUT2D eigenvalue weighted by molar-refractivity contribution is -0.131. The van der Waals surface area contributed by atoms with Gasteiger partial charge in [-0.25, -0.2) is 0 Å². The van der Waals surface area contributed by atoms with Crippen molar-refractivity contribution >= 4 is 5.78 Å². The molecular formula is C13H23NO. The molecule has 0 aromatic heterocycles. The Hall–Kier alpha value is -0.370. The van der Waals surface area contributed by atoms with Crippen LogP contribution in [0, 0.1) is 5.92 Å². The molecule has 0 aromatic carbocycles. The number of hydrogen-bond acceptors (Lipinski definition) is 2. The van der Waals surface area contributed by atoms with Crippen LogP contribution in [0.3, 0.4) is 0 Å². The maximum absolute atomic E-state index is 12.4. The molecule has 2 nitrogen and oxygen atoms in total. The van der Waals surface area contributed by atoms with Gasteiger partial charge in [0, 0.05) is 6.42 Å². The highest BCUT2D eigenvalue weighted by atomic mass is 16.1. The van der Waals surface area contributed by atoms with Crippen LogP contribution in [0.4, 0.5) is 0 Å². The summed E-state index contributed by atoms with van der Waals surface area (Å²) in [5, 5.41) is 0. The van der Waals surface area contributed by atoms with E-state index in [4.69, 9.17) is 0 Å². The molecule has 0 radical (unpaired) electrons. The Balaban J connectivity index is 2.00. The topological polar surface area (TPSA) is 20.3 Å². The second kappa shape index (κ2) is 4.25. The van der Waals surface area contributed by atoms with Crippen LogP contribution in [0.5, 0.6) is 0 Å². The van der Waals surface area contributed by atoms with Crippen LogP contribution >= 0.6 is 0 Å². The van der Waals surface area contributed by atoms with Crippen LogP contribution in [0.1, 0.15) is 51.4 Å². The molecule has 2 aliphatic rings. The van der Waals surface area contributed by atoms with Gasteiger partial charge >= 0.3 is 0 Å². The minimum absolute atomic E-state index is 0.0877. The summed E-state index contributed by atoms with van der Waals surface area (Å²) < 4.78 is 0. The van der Waals surface area contributed by atoms with Crippen LogP contribution < -0.4 is 0 Å². The van der Waals surface area contributed by atoms with Gasteiger partial charge in [0.1, 0.15) is 0 Å². The van der Waals surface area contributed by atoms with E-state index in [9.17, 15) is 4.79 Å². The average Bonchev–Trinajstić information content (AvgIpc) is 2.60. The van der Waals surface area contributed by atoms with Crippen molar-refractivity contribution in [3.05, 3.63) is 0 Å². The van der Waals surface area contributed by atoms with Gasteiger partial charge in [-0.15, -0.1) is 0 Å². The summed E-state index contributed by atoms with van der Waals surface area (Å²) in [4.78, 5) is 14.6. The summed E-state index contributed by atoms with van der Waals surface area (Å²) in [5.74, 6) is 1.24. The second-order valence-corrected chi connectivity index (χ2v) is 5.56. The van der Waals surface area contributed by atoms with E-state index >= 15 is 0 Å². The Bertz CT molecular complexity index is 237. The fourth-order valence-electron chi connectivity index (χ4n) is 3.08. The van der Waals surface area contributed by atoms with Crippen molar-refractivity contribution in [3.8, 4) is 0 Å². The summed E-state index contributed by atoms with van der Waals surface area (Å²) in [6, 6.07) is 0. The van der Waals surface area contributed by atoms with Crippen molar-refractivity contribution in [1.82, 2.24) is 4.90 Å². The number of nitrogens with zero attached hydrogens (tertiary/aromatic N) is 1. The molecule has 86 valence electrons. The van der Waals surface area contributed by atoms with Gasteiger partial charge < -0.3 is 0 Å². The van der Waals surface area contributed by atoms with Crippen molar-refractivity contribution in [3.63, 3.8) is 0 Å². The van der Waals surface area contributed by atoms with Crippen LogP contribution in [0.25, 0.3) is 0 Å². The van der Waals surface area contributed by atoms with Crippen molar-refractivity contribution in [2.24, 2.45) is 5.92 Å². The first-order chi connectivity index (χ1) is 7.15. The molecule has 0 atom stereocenters. The monoisotopic (exact) mass is 209 g/mol. The SMILES string of the molecule is CN(C)C1(C(=O)CC2CCC2)CCCC1. The number of carbonyl (C=O) groups is 1. The molecule has 0 N–H and O–H groups in total. The first kappa shape index (κ1) is 11.1. The molecule has 0 aliphatic heterocycles. The first-order valence-electron chi connectivity index (χ1n) is 6.36. The summed E-state index contributed by atoms with van der Waals surface area (Å²) >= 11 is 0. The lowest BCUT2D eigenvalue weighted by Crippen LogP contribution is -2.49. The lowest BCUT2D eigenvalue weighted by Gasteiger charge is -2.37. The van der Waals surface area contributed by atoms with Crippen molar-refractivity contribution in [2.75, 3.05) is 14.1 Å². The zero-order valence-corrected chi connectivity index (χ0v) is 10.1. The highest BCUT2D eigenvalue weighted by Gasteiger charge is 2.43. The molecule has 0 saturated heterocycles. The highest BCUT2D eigenvalue weighted by molar-refractivity contribution is 5.89. The van der Waals surface area contributed by atoms with Crippen LogP contribution in [0.15, 0.2) is 0 Å². The molecule has 2 saturated carbocycles. The Morgan fingerprint density at radius 3 is 2.20 bits per heavy atom. The zero-order valence-electron chi connectivity index (χ0n) is 10.1. The van der Waals surface area contributed by atoms with Crippen LogP contribution in [0.2, 0.25) is 0 Å². The minimum Gasteiger partial charge on any atom is -0.298 e. The molecule has 0 aromatic rings. The standard InChI is InChI=1S/C13H23NO/c1-14(2)13(8-3-4-9-13)12(15)10-11-6-5-7-11/h11H,3-10H2,1-2H3. The van der Waals surface area contributed by atoms with E-state index in [1.165, 1.54) is 32.1 Å². The summed E-state index contributed by atoms with van der Waals surface area (Å²) in [5.41, 5.74) is -0.0877. The van der Waals surface area contributed by atoms with Gasteiger partial charge in [-0.3, -0.25) is 9.69 Å². The smallest absolute Gasteiger partial charge is 0.153 e. The number of hydrogen-bond donors (Lipinski definition) is 0. The molecule has 0 unspecified atom stereocenters. The van der Waals surface area contributed by atoms with Gasteiger partial charge in [0.25, 0.3) is 0 Å². The molecule has 2 heteroatoms. The summed E-state index contributed by atoms with van der Waals surface area (Å²) in [6.45, 7) is 0. The zero-order chi connectivity index (χ0) is 10.9. The molecular weight excluding hydrogens is 186 g/mol. The Labute approximate surface area is 93.0 Å². The predicted molar refractivity (Wildman–Crippen MR) is 61.9 cm³/mol.